The molecule has 2 N–H and O–H groups in total. The molecule has 0 amide bonds. The van der Waals surface area contributed by atoms with Gasteiger partial charge >= 0.3 is 0 Å². The largest absolute Gasteiger partial charge is 0.393 e. The van der Waals surface area contributed by atoms with Crippen LogP contribution in [-0.2, 0) is 0 Å². The highest BCUT2D eigenvalue weighted by Gasteiger charge is 2.29. The Balaban J connectivity index is 1.78. The quantitative estimate of drug-likeness (QED) is 0.837. The van der Waals surface area contributed by atoms with Gasteiger partial charge < -0.3 is 15.3 Å². The van der Waals surface area contributed by atoms with Gasteiger partial charge in [0.05, 0.1) is 6.10 Å². The zero-order chi connectivity index (χ0) is 16.1. The van der Waals surface area contributed by atoms with Crippen LogP contribution in [0, 0.1) is 18.3 Å². The van der Waals surface area contributed by atoms with Gasteiger partial charge in [-0.05, 0) is 55.2 Å². The van der Waals surface area contributed by atoms with Crippen LogP contribution < -0.4 is 5.32 Å². The fraction of sp³-hybridized carbons (Fsp3) is 0.600. The van der Waals surface area contributed by atoms with Gasteiger partial charge in [-0.2, -0.15) is 0 Å². The zero-order valence-corrected chi connectivity index (χ0v) is 13.9. The van der Waals surface area contributed by atoms with Crippen LogP contribution in [0.1, 0.15) is 42.7 Å². The van der Waals surface area contributed by atoms with Gasteiger partial charge in [0.2, 0.25) is 0 Å². The minimum Gasteiger partial charge on any atom is -0.393 e. The van der Waals surface area contributed by atoms with Crippen molar-refractivity contribution in [2.24, 2.45) is 5.92 Å². The number of aliphatic hydroxyl groups excluding tert-OH is 1. The van der Waals surface area contributed by atoms with Gasteiger partial charge in [-0.1, -0.05) is 18.1 Å². The lowest BCUT2D eigenvalue weighted by atomic mass is 9.75. The molecule has 0 aromatic heterocycles. The molecule has 0 bridgehead atoms. The average molecular weight is 312 g/mol. The Kier molecular flexibility index (Phi) is 5.72. The molecule has 23 heavy (non-hydrogen) atoms. The topological polar surface area (TPSA) is 35.5 Å². The maximum absolute atomic E-state index is 9.84. The Morgan fingerprint density at radius 2 is 1.96 bits per heavy atom. The molecular formula is C20H28N2O. The highest BCUT2D eigenvalue weighted by Crippen LogP contribution is 2.37. The SMILES string of the molecule is C#Cc1cccc(C(CN2CCNCC2)C2CCC(O)CC2)c1. The molecule has 1 aromatic rings. The summed E-state index contributed by atoms with van der Waals surface area (Å²) in [6.45, 7) is 5.53. The van der Waals surface area contributed by atoms with Crippen LogP contribution in [0.15, 0.2) is 24.3 Å². The minimum atomic E-state index is -0.0943. The number of aliphatic hydroxyl groups is 1. The Morgan fingerprint density at radius 3 is 2.65 bits per heavy atom. The van der Waals surface area contributed by atoms with E-state index >= 15 is 0 Å². The van der Waals surface area contributed by atoms with Crippen molar-refractivity contribution in [1.82, 2.24) is 10.2 Å². The van der Waals surface area contributed by atoms with Gasteiger partial charge in [0.1, 0.15) is 0 Å². The Labute approximate surface area is 140 Å². The van der Waals surface area contributed by atoms with E-state index in [0.29, 0.717) is 11.8 Å². The number of nitrogens with zero attached hydrogens (tertiary/aromatic N) is 1. The normalized spacial score (nSPS) is 27.3. The molecule has 3 rings (SSSR count). The van der Waals surface area contributed by atoms with Crippen molar-refractivity contribution < 1.29 is 5.11 Å². The first-order chi connectivity index (χ1) is 11.3. The number of terminal acetylenes is 1. The molecule has 0 radical (unpaired) electrons. The first-order valence-electron chi connectivity index (χ1n) is 8.94. The van der Waals surface area contributed by atoms with Gasteiger partial charge in [0.15, 0.2) is 0 Å². The standard InChI is InChI=1S/C20H28N2O/c1-2-16-4-3-5-18(14-16)20(15-22-12-10-21-11-13-22)17-6-8-19(23)9-7-17/h1,3-5,14,17,19-21,23H,6-13,15H2. The fourth-order valence-electron chi connectivity index (χ4n) is 4.06. The van der Waals surface area contributed by atoms with E-state index < -0.39 is 0 Å². The van der Waals surface area contributed by atoms with Crippen LogP contribution in [0.5, 0.6) is 0 Å². The lowest BCUT2D eigenvalue weighted by Crippen LogP contribution is -2.46. The molecule has 1 heterocycles. The van der Waals surface area contributed by atoms with Crippen molar-refractivity contribution in [2.75, 3.05) is 32.7 Å². The summed E-state index contributed by atoms with van der Waals surface area (Å²) in [5.41, 5.74) is 2.35. The summed E-state index contributed by atoms with van der Waals surface area (Å²) in [6.07, 6.45) is 9.63. The molecule has 1 aromatic carbocycles. The molecule has 2 fully saturated rings. The highest BCUT2D eigenvalue weighted by atomic mass is 16.3. The fourth-order valence-corrected chi connectivity index (χ4v) is 4.06. The minimum absolute atomic E-state index is 0.0943. The van der Waals surface area contributed by atoms with Gasteiger partial charge in [-0.15, -0.1) is 6.42 Å². The number of nitrogens with one attached hydrogen (secondary N) is 1. The van der Waals surface area contributed by atoms with E-state index in [2.05, 4.69) is 34.3 Å². The van der Waals surface area contributed by atoms with E-state index in [1.54, 1.807) is 0 Å². The molecule has 3 nitrogen and oxygen atoms in total. The van der Waals surface area contributed by atoms with Gasteiger partial charge in [0, 0.05) is 38.3 Å². The Bertz CT molecular complexity index is 537. The van der Waals surface area contributed by atoms with Crippen molar-refractivity contribution in [3.8, 4) is 12.3 Å². The number of benzene rings is 1. The van der Waals surface area contributed by atoms with Crippen molar-refractivity contribution in [3.63, 3.8) is 0 Å². The third kappa shape index (κ3) is 4.35. The lowest BCUT2D eigenvalue weighted by Gasteiger charge is -2.37. The summed E-state index contributed by atoms with van der Waals surface area (Å²) in [5, 5.41) is 13.3. The highest BCUT2D eigenvalue weighted by molar-refractivity contribution is 5.37. The molecule has 1 atom stereocenters. The lowest BCUT2D eigenvalue weighted by molar-refractivity contribution is 0.0932. The molecule has 1 aliphatic carbocycles. The monoisotopic (exact) mass is 312 g/mol. The predicted molar refractivity (Wildman–Crippen MR) is 94.4 cm³/mol. The Morgan fingerprint density at radius 1 is 1.22 bits per heavy atom. The second kappa shape index (κ2) is 7.97. The molecule has 124 valence electrons. The van der Waals surface area contributed by atoms with Crippen molar-refractivity contribution in [2.45, 2.75) is 37.7 Å². The van der Waals surface area contributed by atoms with E-state index in [0.717, 1.165) is 64.0 Å². The van der Waals surface area contributed by atoms with Crippen LogP contribution >= 0.6 is 0 Å². The van der Waals surface area contributed by atoms with E-state index in [4.69, 9.17) is 6.42 Å². The molecule has 1 aliphatic heterocycles. The van der Waals surface area contributed by atoms with Crippen molar-refractivity contribution in [3.05, 3.63) is 35.4 Å². The average Bonchev–Trinajstić information content (AvgIpc) is 2.61. The van der Waals surface area contributed by atoms with Crippen LogP contribution in [0.4, 0.5) is 0 Å². The maximum Gasteiger partial charge on any atom is 0.0540 e. The van der Waals surface area contributed by atoms with Crippen molar-refractivity contribution in [1.29, 1.82) is 0 Å². The summed E-state index contributed by atoms with van der Waals surface area (Å²) in [6, 6.07) is 8.53. The van der Waals surface area contributed by atoms with E-state index in [-0.39, 0.29) is 6.10 Å². The molecule has 1 saturated carbocycles. The molecule has 1 saturated heterocycles. The van der Waals surface area contributed by atoms with Gasteiger partial charge in [-0.3, -0.25) is 0 Å². The molecule has 2 aliphatic rings. The third-order valence-electron chi connectivity index (χ3n) is 5.46. The first kappa shape index (κ1) is 16.5. The van der Waals surface area contributed by atoms with Gasteiger partial charge in [0.25, 0.3) is 0 Å². The second-order valence-corrected chi connectivity index (χ2v) is 7.00. The summed E-state index contributed by atoms with van der Waals surface area (Å²) in [7, 11) is 0. The van der Waals surface area contributed by atoms with Crippen LogP contribution in [0.3, 0.4) is 0 Å². The summed E-state index contributed by atoms with van der Waals surface area (Å²) < 4.78 is 0. The summed E-state index contributed by atoms with van der Waals surface area (Å²) in [4.78, 5) is 2.58. The van der Waals surface area contributed by atoms with E-state index in [9.17, 15) is 5.11 Å². The molecule has 3 heteroatoms. The number of rotatable bonds is 4. The first-order valence-corrected chi connectivity index (χ1v) is 8.94. The smallest absolute Gasteiger partial charge is 0.0540 e. The summed E-state index contributed by atoms with van der Waals surface area (Å²) >= 11 is 0. The number of piperazine rings is 1. The molecular weight excluding hydrogens is 284 g/mol. The van der Waals surface area contributed by atoms with Crippen molar-refractivity contribution >= 4 is 0 Å². The second-order valence-electron chi connectivity index (χ2n) is 7.00. The number of hydrogen-bond donors (Lipinski definition) is 2. The maximum atomic E-state index is 9.84. The predicted octanol–water partition coefficient (Wildman–Crippen LogP) is 2.21. The number of hydrogen-bond acceptors (Lipinski definition) is 3. The van der Waals surface area contributed by atoms with E-state index in [1.807, 2.05) is 6.07 Å². The Hall–Kier alpha value is -1.34. The van der Waals surface area contributed by atoms with Crippen LogP contribution in [0.25, 0.3) is 0 Å². The summed E-state index contributed by atoms with van der Waals surface area (Å²) in [5.74, 6) is 3.95. The van der Waals surface area contributed by atoms with Gasteiger partial charge in [-0.25, -0.2) is 0 Å². The van der Waals surface area contributed by atoms with Crippen LogP contribution in [-0.4, -0.2) is 48.8 Å². The van der Waals surface area contributed by atoms with E-state index in [1.165, 1.54) is 5.56 Å². The third-order valence-corrected chi connectivity index (χ3v) is 5.46. The zero-order valence-electron chi connectivity index (χ0n) is 13.9. The molecule has 1 unspecified atom stereocenters. The van der Waals surface area contributed by atoms with Crippen LogP contribution in [0.2, 0.25) is 0 Å². The molecule has 0 spiro atoms.